The van der Waals surface area contributed by atoms with Crippen molar-refractivity contribution in [2.24, 2.45) is 11.8 Å². The van der Waals surface area contributed by atoms with E-state index in [2.05, 4.69) is 36.9 Å². The van der Waals surface area contributed by atoms with Crippen molar-refractivity contribution in [1.29, 1.82) is 0 Å². The second kappa shape index (κ2) is 21.0. The first-order valence-corrected chi connectivity index (χ1v) is 20.4. The smallest absolute Gasteiger partial charge is 0.329 e. The molecule has 6 amide bonds. The molecule has 1 aromatic heterocycles. The Hall–Kier alpha value is -6.71. The number of aromatic nitrogens is 1. The first kappa shape index (κ1) is 45.4. The van der Waals surface area contributed by atoms with E-state index in [4.69, 9.17) is 4.74 Å². The zero-order chi connectivity index (χ0) is 44.2. The van der Waals surface area contributed by atoms with Crippen LogP contribution in [0.1, 0.15) is 57.7 Å². The van der Waals surface area contributed by atoms with Gasteiger partial charge in [0.25, 0.3) is 0 Å². The molecule has 2 heterocycles. The molecule has 16 nitrogen and oxygen atoms in total. The number of hydrogen-bond donors (Lipinski definition) is 8. The van der Waals surface area contributed by atoms with Gasteiger partial charge in [-0.25, -0.2) is 4.79 Å². The van der Waals surface area contributed by atoms with Crippen LogP contribution in [0.25, 0.3) is 10.9 Å². The fraction of sp³-hybridized carbons (Fsp3) is 0.400. The molecule has 4 aromatic rings. The van der Waals surface area contributed by atoms with Crippen LogP contribution in [0.5, 0.6) is 5.75 Å². The maximum Gasteiger partial charge on any atom is 0.329 e. The molecule has 0 unspecified atom stereocenters. The molecule has 0 bridgehead atoms. The van der Waals surface area contributed by atoms with Gasteiger partial charge in [0, 0.05) is 36.4 Å². The van der Waals surface area contributed by atoms with Crippen LogP contribution in [0.15, 0.2) is 85.1 Å². The van der Waals surface area contributed by atoms with Gasteiger partial charge in [-0.05, 0) is 60.1 Å². The number of aromatic amines is 1. The molecule has 16 heteroatoms. The number of esters is 1. The molecule has 0 saturated carbocycles. The molecule has 8 N–H and O–H groups in total. The quantitative estimate of drug-likeness (QED) is 0.0726. The molecule has 324 valence electrons. The molecule has 0 spiro atoms. The number of amides is 6. The molecule has 7 atom stereocenters. The van der Waals surface area contributed by atoms with Crippen molar-refractivity contribution in [2.45, 2.75) is 103 Å². The van der Waals surface area contributed by atoms with Gasteiger partial charge in [0.05, 0.1) is 0 Å². The standard InChI is InChI=1S/C45H55N7O9/c1-25(2)19-34(47-24-53)40(55)52-39-27(5)61-45(60)37(22-30-23-46-33-14-10-9-13-32(30)33)50-41(56)35(21-29-15-17-31(54)18-16-29)48-43(58)38(26(3)4)51-42(57)36(49-44(39)59)20-28-11-7-6-8-12-28/h6-18,23-27,34-39,46,54H,19-22H2,1-5H3,(H,47,53)(H,48,58)(H,49,59)(H,50,56)(H,51,57)(H,52,55)/t27-,34-,35+,36-,37+,38-,39-/m1/s1. The van der Waals surface area contributed by atoms with Crippen molar-refractivity contribution in [2.75, 3.05) is 0 Å². The SMILES string of the molecule is CC(C)C[C@@H](NC=O)C(=O)N[C@H]1C(=O)N[C@H](Cc2ccccc2)C(=O)N[C@H](C(C)C)C(=O)N[C@@H](Cc2ccc(O)cc2)C(=O)N[C@@H](Cc2c[nH]c3ccccc23)C(=O)O[C@@H]1C. The molecular formula is C45H55N7O9. The molecule has 1 aliphatic heterocycles. The Morgan fingerprint density at radius 2 is 1.33 bits per heavy atom. The molecule has 5 rings (SSSR count). The third-order valence-electron chi connectivity index (χ3n) is 10.5. The molecule has 0 radical (unpaired) electrons. The van der Waals surface area contributed by atoms with Gasteiger partial charge >= 0.3 is 5.97 Å². The Labute approximate surface area is 354 Å². The number of phenolic OH excluding ortho intramolecular Hbond substituents is 1. The van der Waals surface area contributed by atoms with Gasteiger partial charge in [-0.3, -0.25) is 28.8 Å². The number of ether oxygens (including phenoxy) is 1. The van der Waals surface area contributed by atoms with Gasteiger partial charge in [-0.1, -0.05) is 88.4 Å². The Morgan fingerprint density at radius 1 is 0.738 bits per heavy atom. The molecule has 61 heavy (non-hydrogen) atoms. The zero-order valence-corrected chi connectivity index (χ0v) is 34.9. The third kappa shape index (κ3) is 12.4. The summed E-state index contributed by atoms with van der Waals surface area (Å²) < 4.78 is 5.95. The largest absolute Gasteiger partial charge is 0.508 e. The number of nitrogens with one attached hydrogen (secondary N) is 7. The van der Waals surface area contributed by atoms with Crippen LogP contribution >= 0.6 is 0 Å². The van der Waals surface area contributed by atoms with E-state index < -0.39 is 83.8 Å². The second-order valence-corrected chi connectivity index (χ2v) is 16.1. The molecule has 1 saturated heterocycles. The van der Waals surface area contributed by atoms with Crippen LogP contribution in [0.3, 0.4) is 0 Å². The number of H-pyrrole nitrogens is 1. The second-order valence-electron chi connectivity index (χ2n) is 16.1. The van der Waals surface area contributed by atoms with Crippen LogP contribution in [-0.4, -0.2) is 94.4 Å². The van der Waals surface area contributed by atoms with E-state index in [1.165, 1.54) is 19.1 Å². The van der Waals surface area contributed by atoms with Crippen molar-refractivity contribution >= 4 is 52.8 Å². The minimum absolute atomic E-state index is 0.00411. The summed E-state index contributed by atoms with van der Waals surface area (Å²) in [6, 6.07) is 14.5. The van der Waals surface area contributed by atoms with Gasteiger partial charge in [0.15, 0.2) is 0 Å². The van der Waals surface area contributed by atoms with Gasteiger partial charge in [-0.2, -0.15) is 0 Å². The maximum absolute atomic E-state index is 14.4. The number of rotatable bonds is 13. The predicted molar refractivity (Wildman–Crippen MR) is 226 cm³/mol. The van der Waals surface area contributed by atoms with Crippen molar-refractivity contribution in [3.05, 3.63) is 102 Å². The Morgan fingerprint density at radius 3 is 1.97 bits per heavy atom. The summed E-state index contributed by atoms with van der Waals surface area (Å²) >= 11 is 0. The number of aromatic hydroxyl groups is 1. The summed E-state index contributed by atoms with van der Waals surface area (Å²) in [6.45, 7) is 8.53. The Kier molecular flexibility index (Phi) is 15.6. The zero-order valence-electron chi connectivity index (χ0n) is 34.9. The van der Waals surface area contributed by atoms with E-state index in [1.807, 2.05) is 38.1 Å². The average molecular weight is 838 g/mol. The van der Waals surface area contributed by atoms with E-state index in [0.29, 0.717) is 23.1 Å². The summed E-state index contributed by atoms with van der Waals surface area (Å²) in [6.07, 6.45) is 0.748. The molecule has 3 aromatic carbocycles. The number of hydrogen-bond acceptors (Lipinski definition) is 9. The van der Waals surface area contributed by atoms with Gasteiger partial charge in [-0.15, -0.1) is 0 Å². The number of carbonyl (C=O) groups excluding carboxylic acids is 7. The highest BCUT2D eigenvalue weighted by Gasteiger charge is 2.39. The highest BCUT2D eigenvalue weighted by Crippen LogP contribution is 2.21. The number of carbonyl (C=O) groups is 7. The topological polar surface area (TPSA) is 237 Å². The van der Waals surface area contributed by atoms with E-state index >= 15 is 0 Å². The monoisotopic (exact) mass is 837 g/mol. The lowest BCUT2D eigenvalue weighted by atomic mass is 9.98. The maximum atomic E-state index is 14.4. The van der Waals surface area contributed by atoms with E-state index in [9.17, 15) is 38.7 Å². The summed E-state index contributed by atoms with van der Waals surface area (Å²) in [4.78, 5) is 100. The highest BCUT2D eigenvalue weighted by atomic mass is 16.5. The number of phenols is 1. The number of cyclic esters (lactones) is 1. The van der Waals surface area contributed by atoms with Crippen LogP contribution in [0.2, 0.25) is 0 Å². The van der Waals surface area contributed by atoms with Crippen LogP contribution in [-0.2, 0) is 57.6 Å². The van der Waals surface area contributed by atoms with Crippen LogP contribution < -0.4 is 31.9 Å². The van der Waals surface area contributed by atoms with E-state index in [0.717, 1.165) is 10.9 Å². The number of para-hydroxylation sites is 1. The fourth-order valence-electron chi connectivity index (χ4n) is 7.22. The first-order chi connectivity index (χ1) is 29.1. The van der Waals surface area contributed by atoms with Crippen molar-refractivity contribution in [1.82, 2.24) is 36.9 Å². The first-order valence-electron chi connectivity index (χ1n) is 20.4. The van der Waals surface area contributed by atoms with Gasteiger partial charge < -0.3 is 46.7 Å². The van der Waals surface area contributed by atoms with E-state index in [1.54, 1.807) is 62.5 Å². The highest BCUT2D eigenvalue weighted by molar-refractivity contribution is 5.97. The normalized spacial score (nSPS) is 22.4. The molecule has 0 aliphatic carbocycles. The van der Waals surface area contributed by atoms with E-state index in [-0.39, 0.29) is 37.4 Å². The molecule has 1 fully saturated rings. The predicted octanol–water partition coefficient (Wildman–Crippen LogP) is 2.09. The van der Waals surface area contributed by atoms with Gasteiger partial charge in [0.2, 0.25) is 35.9 Å². The van der Waals surface area contributed by atoms with Crippen LogP contribution in [0.4, 0.5) is 0 Å². The molecule has 1 aliphatic rings. The van der Waals surface area contributed by atoms with Crippen molar-refractivity contribution in [3.8, 4) is 5.75 Å². The Bertz CT molecular complexity index is 2170. The summed E-state index contributed by atoms with van der Waals surface area (Å²) in [5.74, 6) is -5.31. The van der Waals surface area contributed by atoms with Crippen molar-refractivity contribution in [3.63, 3.8) is 0 Å². The average Bonchev–Trinajstić information content (AvgIpc) is 3.63. The Balaban J connectivity index is 1.59. The van der Waals surface area contributed by atoms with Crippen LogP contribution in [0, 0.1) is 11.8 Å². The van der Waals surface area contributed by atoms with Crippen molar-refractivity contribution < 1.29 is 43.4 Å². The lowest BCUT2D eigenvalue weighted by Crippen LogP contribution is -2.63. The summed E-state index contributed by atoms with van der Waals surface area (Å²) in [7, 11) is 0. The minimum atomic E-state index is -1.60. The minimum Gasteiger partial charge on any atom is -0.508 e. The summed E-state index contributed by atoms with van der Waals surface area (Å²) in [5.41, 5.74) is 2.68. The third-order valence-corrected chi connectivity index (χ3v) is 10.5. The summed E-state index contributed by atoms with van der Waals surface area (Å²) in [5, 5.41) is 26.9. The lowest BCUT2D eigenvalue weighted by molar-refractivity contribution is -0.156. The fourth-order valence-corrected chi connectivity index (χ4v) is 7.22. The number of fused-ring (bicyclic) bond motifs is 1. The van der Waals surface area contributed by atoms with Gasteiger partial charge in [0.1, 0.15) is 48.1 Å². The molecular weight excluding hydrogens is 783 g/mol. The lowest BCUT2D eigenvalue weighted by Gasteiger charge is -2.31. The number of benzene rings is 3.